The number of nitrogens with zero attached hydrogens (tertiary/aromatic N) is 2. The highest BCUT2D eigenvalue weighted by Gasteiger charge is 2.23. The van der Waals surface area contributed by atoms with Crippen molar-refractivity contribution in [3.63, 3.8) is 0 Å². The molecule has 102 valence electrons. The average molecular weight is 251 g/mol. The largest absolute Gasteiger partial charge is 0.368 e. The Hall–Kier alpha value is -1.00. The molecule has 1 heterocycles. The number of ether oxygens (including phenoxy) is 1. The number of hydrogen-bond acceptors (Lipinski definition) is 4. The van der Waals surface area contributed by atoms with Gasteiger partial charge in [0.1, 0.15) is 5.60 Å². The van der Waals surface area contributed by atoms with Crippen LogP contribution in [0.1, 0.15) is 46.0 Å². The van der Waals surface area contributed by atoms with E-state index in [0.29, 0.717) is 12.5 Å². The average Bonchev–Trinajstić information content (AvgIpc) is 2.29. The molecule has 0 aromatic carbocycles. The van der Waals surface area contributed by atoms with E-state index in [1.54, 1.807) is 0 Å². The molecule has 0 aliphatic heterocycles. The lowest BCUT2D eigenvalue weighted by Crippen LogP contribution is -2.25. The van der Waals surface area contributed by atoms with E-state index in [1.165, 1.54) is 0 Å². The van der Waals surface area contributed by atoms with Crippen LogP contribution in [-0.4, -0.2) is 23.1 Å². The minimum absolute atomic E-state index is 0.418. The highest BCUT2D eigenvalue weighted by molar-refractivity contribution is 5.08. The molecule has 0 spiro atoms. The molecule has 1 aromatic rings. The van der Waals surface area contributed by atoms with Crippen LogP contribution in [0.2, 0.25) is 0 Å². The molecule has 0 fully saturated rings. The number of rotatable bonds is 7. The van der Waals surface area contributed by atoms with Crippen LogP contribution in [0.5, 0.6) is 0 Å². The molecule has 0 aliphatic carbocycles. The van der Waals surface area contributed by atoms with Crippen LogP contribution >= 0.6 is 0 Å². The molecular formula is C14H25N3O. The Morgan fingerprint density at radius 3 is 2.39 bits per heavy atom. The molecule has 1 N–H and O–H groups in total. The van der Waals surface area contributed by atoms with Gasteiger partial charge in [0.2, 0.25) is 0 Å². The van der Waals surface area contributed by atoms with E-state index in [1.807, 2.05) is 33.2 Å². The van der Waals surface area contributed by atoms with Crippen molar-refractivity contribution in [3.8, 4) is 0 Å². The van der Waals surface area contributed by atoms with Gasteiger partial charge >= 0.3 is 0 Å². The number of aromatic nitrogens is 2. The van der Waals surface area contributed by atoms with Gasteiger partial charge in [0.15, 0.2) is 5.82 Å². The normalized spacial score (nSPS) is 12.1. The monoisotopic (exact) mass is 251 g/mol. The lowest BCUT2D eigenvalue weighted by atomic mass is 10.1. The minimum Gasteiger partial charge on any atom is -0.368 e. The van der Waals surface area contributed by atoms with Gasteiger partial charge in [0.25, 0.3) is 0 Å². The highest BCUT2D eigenvalue weighted by Crippen LogP contribution is 2.20. The van der Waals surface area contributed by atoms with Gasteiger partial charge < -0.3 is 10.1 Å². The summed E-state index contributed by atoms with van der Waals surface area (Å²) >= 11 is 0. The van der Waals surface area contributed by atoms with E-state index >= 15 is 0 Å². The third-order valence-electron chi connectivity index (χ3n) is 2.63. The van der Waals surface area contributed by atoms with Crippen molar-refractivity contribution in [1.82, 2.24) is 15.3 Å². The van der Waals surface area contributed by atoms with Crippen molar-refractivity contribution in [2.24, 2.45) is 5.92 Å². The lowest BCUT2D eigenvalue weighted by molar-refractivity contribution is -0.0208. The van der Waals surface area contributed by atoms with Gasteiger partial charge in [-0.2, -0.15) is 0 Å². The van der Waals surface area contributed by atoms with Gasteiger partial charge in [-0.25, -0.2) is 9.97 Å². The molecule has 0 saturated carbocycles. The predicted molar refractivity (Wildman–Crippen MR) is 73.2 cm³/mol. The SMILES string of the molecule is CCOC(C)(C)c1ncc(CNCC(C)C)cn1. The van der Waals surface area contributed by atoms with E-state index in [4.69, 9.17) is 4.74 Å². The van der Waals surface area contributed by atoms with E-state index < -0.39 is 5.60 Å². The zero-order valence-electron chi connectivity index (χ0n) is 12.2. The Morgan fingerprint density at radius 2 is 1.89 bits per heavy atom. The van der Waals surface area contributed by atoms with Crippen molar-refractivity contribution < 1.29 is 4.74 Å². The molecule has 0 aliphatic rings. The van der Waals surface area contributed by atoms with Gasteiger partial charge in [-0.3, -0.25) is 0 Å². The van der Waals surface area contributed by atoms with E-state index in [2.05, 4.69) is 29.1 Å². The first-order valence-corrected chi connectivity index (χ1v) is 6.61. The van der Waals surface area contributed by atoms with Gasteiger partial charge in [-0.05, 0) is 33.2 Å². The molecule has 1 rings (SSSR count). The molecule has 4 heteroatoms. The summed E-state index contributed by atoms with van der Waals surface area (Å²) in [6.45, 7) is 12.8. The van der Waals surface area contributed by atoms with Crippen molar-refractivity contribution in [1.29, 1.82) is 0 Å². The lowest BCUT2D eigenvalue weighted by Gasteiger charge is -2.22. The molecule has 4 nitrogen and oxygen atoms in total. The van der Waals surface area contributed by atoms with Crippen molar-refractivity contribution in [2.75, 3.05) is 13.2 Å². The van der Waals surface area contributed by atoms with Crippen LogP contribution in [0.15, 0.2) is 12.4 Å². The minimum atomic E-state index is -0.418. The van der Waals surface area contributed by atoms with Gasteiger partial charge in [-0.1, -0.05) is 13.8 Å². The molecule has 0 amide bonds. The fourth-order valence-corrected chi connectivity index (χ4v) is 1.69. The second-order valence-electron chi connectivity index (χ2n) is 5.38. The quantitative estimate of drug-likeness (QED) is 0.809. The molecular weight excluding hydrogens is 226 g/mol. The first-order valence-electron chi connectivity index (χ1n) is 6.61. The van der Waals surface area contributed by atoms with Crippen molar-refractivity contribution in [3.05, 3.63) is 23.8 Å². The summed E-state index contributed by atoms with van der Waals surface area (Å²) in [6, 6.07) is 0. The summed E-state index contributed by atoms with van der Waals surface area (Å²) in [4.78, 5) is 8.78. The van der Waals surface area contributed by atoms with E-state index in [0.717, 1.165) is 24.5 Å². The molecule has 0 radical (unpaired) electrons. The second kappa shape index (κ2) is 6.81. The van der Waals surface area contributed by atoms with Crippen molar-refractivity contribution >= 4 is 0 Å². The maximum atomic E-state index is 5.63. The Balaban J connectivity index is 2.57. The number of hydrogen-bond donors (Lipinski definition) is 1. The summed E-state index contributed by atoms with van der Waals surface area (Å²) in [5.74, 6) is 1.39. The zero-order valence-corrected chi connectivity index (χ0v) is 12.2. The molecule has 0 atom stereocenters. The fraction of sp³-hybridized carbons (Fsp3) is 0.714. The zero-order chi connectivity index (χ0) is 13.6. The van der Waals surface area contributed by atoms with E-state index in [9.17, 15) is 0 Å². The summed E-state index contributed by atoms with van der Waals surface area (Å²) in [5.41, 5.74) is 0.685. The first kappa shape index (κ1) is 15.1. The van der Waals surface area contributed by atoms with Gasteiger partial charge in [0, 0.05) is 31.1 Å². The number of nitrogens with one attached hydrogen (secondary N) is 1. The summed E-state index contributed by atoms with van der Waals surface area (Å²) in [7, 11) is 0. The fourth-order valence-electron chi connectivity index (χ4n) is 1.69. The van der Waals surface area contributed by atoms with Crippen LogP contribution < -0.4 is 5.32 Å². The molecule has 1 aromatic heterocycles. The smallest absolute Gasteiger partial charge is 0.159 e. The summed E-state index contributed by atoms with van der Waals surface area (Å²) in [6.07, 6.45) is 3.74. The van der Waals surface area contributed by atoms with Crippen LogP contribution in [-0.2, 0) is 16.9 Å². The van der Waals surface area contributed by atoms with E-state index in [-0.39, 0.29) is 0 Å². The highest BCUT2D eigenvalue weighted by atomic mass is 16.5. The molecule has 18 heavy (non-hydrogen) atoms. The van der Waals surface area contributed by atoms with Crippen LogP contribution in [0.3, 0.4) is 0 Å². The summed E-state index contributed by atoms with van der Waals surface area (Å²) in [5, 5.41) is 3.37. The van der Waals surface area contributed by atoms with Gasteiger partial charge in [0.05, 0.1) is 0 Å². The topological polar surface area (TPSA) is 47.0 Å². The second-order valence-corrected chi connectivity index (χ2v) is 5.38. The van der Waals surface area contributed by atoms with Crippen LogP contribution in [0.25, 0.3) is 0 Å². The Labute approximate surface area is 110 Å². The van der Waals surface area contributed by atoms with Crippen molar-refractivity contribution in [2.45, 2.75) is 46.8 Å². The third kappa shape index (κ3) is 4.70. The Bertz CT molecular complexity index is 347. The standard InChI is InChI=1S/C14H25N3O/c1-6-18-14(4,5)13-16-9-12(10-17-13)8-15-7-11(2)3/h9-11,15H,6-8H2,1-5H3. The Morgan fingerprint density at radius 1 is 1.28 bits per heavy atom. The van der Waals surface area contributed by atoms with Gasteiger partial charge in [-0.15, -0.1) is 0 Å². The maximum absolute atomic E-state index is 5.63. The van der Waals surface area contributed by atoms with Crippen LogP contribution in [0, 0.1) is 5.92 Å². The molecule has 0 unspecified atom stereocenters. The van der Waals surface area contributed by atoms with Crippen LogP contribution in [0.4, 0.5) is 0 Å². The maximum Gasteiger partial charge on any atom is 0.159 e. The first-order chi connectivity index (χ1) is 8.45. The molecule has 0 saturated heterocycles. The summed E-state index contributed by atoms with van der Waals surface area (Å²) < 4.78 is 5.63. The third-order valence-corrected chi connectivity index (χ3v) is 2.63. The predicted octanol–water partition coefficient (Wildman–Crippen LogP) is 2.49. The Kier molecular flexibility index (Phi) is 5.69. The molecule has 0 bridgehead atoms.